The van der Waals surface area contributed by atoms with Gasteiger partial charge in [-0.2, -0.15) is 0 Å². The highest BCUT2D eigenvalue weighted by atomic mass is 32.1. The molecule has 3 amide bonds. The minimum atomic E-state index is -1.46. The molecule has 5 aromatic heterocycles. The number of nitrogens with zero attached hydrogens (tertiary/aromatic N) is 6. The lowest BCUT2D eigenvalue weighted by atomic mass is 10.1. The van der Waals surface area contributed by atoms with Gasteiger partial charge in [0.25, 0.3) is 0 Å². The van der Waals surface area contributed by atoms with Crippen LogP contribution < -0.4 is 16.0 Å². The van der Waals surface area contributed by atoms with E-state index in [4.69, 9.17) is 47.2 Å². The number of methoxy groups -OCH3 is 1. The van der Waals surface area contributed by atoms with Gasteiger partial charge < -0.3 is 37.5 Å². The van der Waals surface area contributed by atoms with Gasteiger partial charge in [-0.25, -0.2) is 44.1 Å². The van der Waals surface area contributed by atoms with E-state index in [0.29, 0.717) is 57.2 Å². The van der Waals surface area contributed by atoms with Crippen LogP contribution in [-0.2, 0) is 18.9 Å². The fourth-order valence-electron chi connectivity index (χ4n) is 5.69. The third-order valence-electron chi connectivity index (χ3n) is 9.16. The van der Waals surface area contributed by atoms with Crippen LogP contribution in [0.3, 0.4) is 0 Å². The Bertz CT molecular complexity index is 2490. The van der Waals surface area contributed by atoms with E-state index in [2.05, 4.69) is 70.2 Å². The van der Waals surface area contributed by atoms with Gasteiger partial charge in [0.05, 0.1) is 26.4 Å². The summed E-state index contributed by atoms with van der Waals surface area (Å²) in [5, 5.41) is 12.6. The molecule has 66 heavy (non-hydrogen) atoms. The Morgan fingerprint density at radius 3 is 1.85 bits per heavy atom. The SMILES string of the molecule is COC(=O)c1nc(-c2nc(-c3csc(-c4nc(-c5csc([C@H](CCCN=C(NC(=O)OCC[Si](C)(C)C)NC(=O)OCC[Si](C)(C)C)NC(=O)OC(C)(C)C)n5)oc4C)n3)oc2C)oc1C. The number of hydrogen-bond donors (Lipinski definition) is 3. The van der Waals surface area contributed by atoms with Crippen molar-refractivity contribution in [3.63, 3.8) is 0 Å². The topological polar surface area (TPSA) is 258 Å². The summed E-state index contributed by atoms with van der Waals surface area (Å²) in [5.74, 6) is 1.03. The quantitative estimate of drug-likeness (QED) is 0.0196. The summed E-state index contributed by atoms with van der Waals surface area (Å²) in [6, 6.07) is 0.928. The van der Waals surface area contributed by atoms with E-state index in [0.717, 1.165) is 12.1 Å². The number of carbonyl (C=O) groups excluding carboxylic acids is 4. The van der Waals surface area contributed by atoms with Crippen molar-refractivity contribution in [3.05, 3.63) is 38.7 Å². The third kappa shape index (κ3) is 15.2. The molecule has 0 saturated heterocycles. The summed E-state index contributed by atoms with van der Waals surface area (Å²) in [4.78, 5) is 78.1. The molecular weight excluding hydrogens is 927 g/mol. The van der Waals surface area contributed by atoms with Gasteiger partial charge in [0.2, 0.25) is 23.6 Å². The maximum atomic E-state index is 13.1. The number of guanidine groups is 1. The Kier molecular flexibility index (Phi) is 16.9. The number of esters is 1. The fourth-order valence-corrected chi connectivity index (χ4v) is 8.82. The van der Waals surface area contributed by atoms with Crippen LogP contribution in [0.25, 0.3) is 45.5 Å². The van der Waals surface area contributed by atoms with E-state index in [1.165, 1.54) is 29.8 Å². The highest BCUT2D eigenvalue weighted by molar-refractivity contribution is 7.13. The van der Waals surface area contributed by atoms with Gasteiger partial charge in [-0.3, -0.25) is 15.6 Å². The first-order chi connectivity index (χ1) is 30.9. The van der Waals surface area contributed by atoms with Gasteiger partial charge >= 0.3 is 24.2 Å². The summed E-state index contributed by atoms with van der Waals surface area (Å²) < 4.78 is 38.8. The largest absolute Gasteiger partial charge is 0.464 e. The highest BCUT2D eigenvalue weighted by Gasteiger charge is 2.27. The Morgan fingerprint density at radius 1 is 0.727 bits per heavy atom. The number of thiazole rings is 2. The summed E-state index contributed by atoms with van der Waals surface area (Å²) in [6.45, 7) is 24.1. The third-order valence-corrected chi connectivity index (χ3v) is 14.4. The molecule has 5 rings (SSSR count). The highest BCUT2D eigenvalue weighted by Crippen LogP contribution is 2.36. The number of rotatable bonds is 17. The van der Waals surface area contributed by atoms with Crippen molar-refractivity contribution in [2.24, 2.45) is 4.99 Å². The number of nitrogens with one attached hydrogen (secondary N) is 3. The molecule has 0 bridgehead atoms. The molecule has 0 spiro atoms. The van der Waals surface area contributed by atoms with Gasteiger partial charge in [-0.05, 0) is 66.5 Å². The number of ether oxygens (including phenoxy) is 4. The first kappa shape index (κ1) is 51.3. The summed E-state index contributed by atoms with van der Waals surface area (Å²) in [7, 11) is -1.66. The number of aryl methyl sites for hydroxylation is 3. The van der Waals surface area contributed by atoms with E-state index >= 15 is 0 Å². The van der Waals surface area contributed by atoms with E-state index < -0.39 is 52.0 Å². The standard InChI is InChI=1S/C42H59N9O11S2Si2/c1-23-29(34-49-31(25(3)61-34)37(52)56-7)47-32(59-23)28-22-64-36(45-28)30-24(2)60-33(48-30)27-21-63-35(44-27)26(46-41(55)62-42(4,5)6)15-14-16-43-38(50-39(53)57-17-19-65(8,9)10)51-40(54)58-18-20-66(11,12)13/h21-22,26H,14-20H2,1-13H3,(H,46,55)(H2,43,50,51,53,54)/t26-/m0/s1. The number of amides is 3. The van der Waals surface area contributed by atoms with Gasteiger partial charge in [0, 0.05) is 33.5 Å². The van der Waals surface area contributed by atoms with Crippen molar-refractivity contribution in [3.8, 4) is 45.5 Å². The van der Waals surface area contributed by atoms with Crippen molar-refractivity contribution in [2.45, 2.75) is 117 Å². The van der Waals surface area contributed by atoms with Crippen LogP contribution in [0, 0.1) is 20.8 Å². The minimum absolute atomic E-state index is 0.0469. The van der Waals surface area contributed by atoms with Crippen molar-refractivity contribution >= 4 is 69.0 Å². The van der Waals surface area contributed by atoms with Crippen LogP contribution >= 0.6 is 22.7 Å². The molecular formula is C42H59N9O11S2Si2. The summed E-state index contributed by atoms with van der Waals surface area (Å²) in [5.41, 5.74) is 0.975. The van der Waals surface area contributed by atoms with Crippen LogP contribution in [0.15, 0.2) is 29.0 Å². The van der Waals surface area contributed by atoms with Crippen LogP contribution in [0.5, 0.6) is 0 Å². The second-order valence-electron chi connectivity index (χ2n) is 18.6. The predicted molar refractivity (Wildman–Crippen MR) is 254 cm³/mol. The zero-order valence-corrected chi connectivity index (χ0v) is 43.3. The number of oxazole rings is 3. The van der Waals surface area contributed by atoms with E-state index in [1.54, 1.807) is 52.3 Å². The first-order valence-corrected chi connectivity index (χ1v) is 30.4. The molecule has 0 saturated carbocycles. The molecule has 0 radical (unpaired) electrons. The Labute approximate surface area is 393 Å². The average Bonchev–Trinajstić information content (AvgIpc) is 4.05. The molecule has 0 aliphatic carbocycles. The summed E-state index contributed by atoms with van der Waals surface area (Å²) >= 11 is 2.61. The molecule has 20 nitrogen and oxygen atoms in total. The number of aliphatic imine (C=N–C) groups is 1. The van der Waals surface area contributed by atoms with Crippen molar-refractivity contribution in [2.75, 3.05) is 26.9 Å². The minimum Gasteiger partial charge on any atom is -0.464 e. The van der Waals surface area contributed by atoms with Gasteiger partial charge in [-0.1, -0.05) is 39.3 Å². The molecule has 0 fully saturated rings. The second kappa shape index (κ2) is 21.7. The zero-order valence-electron chi connectivity index (χ0n) is 39.7. The normalized spacial score (nSPS) is 12.3. The fraction of sp³-hybridized carbons (Fsp3) is 0.524. The number of carbonyl (C=O) groups is 4. The van der Waals surface area contributed by atoms with Gasteiger partial charge in [0.15, 0.2) is 11.4 Å². The molecule has 0 aliphatic heterocycles. The number of aromatic nitrogens is 5. The van der Waals surface area contributed by atoms with E-state index in [-0.39, 0.29) is 54.8 Å². The molecule has 0 unspecified atom stereocenters. The van der Waals surface area contributed by atoms with Gasteiger partial charge in [0.1, 0.15) is 50.0 Å². The van der Waals surface area contributed by atoms with Crippen molar-refractivity contribution in [1.82, 2.24) is 40.9 Å². The van der Waals surface area contributed by atoms with Crippen LogP contribution in [-0.4, -0.2) is 104 Å². The maximum Gasteiger partial charge on any atom is 0.413 e. The lowest BCUT2D eigenvalue weighted by molar-refractivity contribution is 0.0499. The first-order valence-electron chi connectivity index (χ1n) is 21.2. The summed E-state index contributed by atoms with van der Waals surface area (Å²) in [6.07, 6.45) is -1.38. The second-order valence-corrected chi connectivity index (χ2v) is 31.6. The molecule has 1 atom stereocenters. The Hall–Kier alpha value is -5.73. The molecule has 5 heterocycles. The van der Waals surface area contributed by atoms with Crippen LogP contribution in [0.4, 0.5) is 14.4 Å². The molecule has 5 aromatic rings. The van der Waals surface area contributed by atoms with E-state index in [9.17, 15) is 19.2 Å². The molecule has 3 N–H and O–H groups in total. The molecule has 0 aromatic carbocycles. The predicted octanol–water partition coefficient (Wildman–Crippen LogP) is 9.77. The van der Waals surface area contributed by atoms with Gasteiger partial charge in [-0.15, -0.1) is 22.7 Å². The molecule has 358 valence electrons. The van der Waals surface area contributed by atoms with Crippen molar-refractivity contribution in [1.29, 1.82) is 0 Å². The monoisotopic (exact) mass is 985 g/mol. The average molecular weight is 986 g/mol. The smallest absolute Gasteiger partial charge is 0.413 e. The molecule has 0 aliphatic rings. The Balaban J connectivity index is 1.31. The maximum absolute atomic E-state index is 13.1. The van der Waals surface area contributed by atoms with Crippen LogP contribution in [0.2, 0.25) is 51.4 Å². The van der Waals surface area contributed by atoms with Crippen molar-refractivity contribution < 1.29 is 51.4 Å². The lowest BCUT2D eigenvalue weighted by Gasteiger charge is -2.22. The zero-order chi connectivity index (χ0) is 48.6. The number of hydrogen-bond acceptors (Lipinski definition) is 19. The molecule has 24 heteroatoms. The number of alkyl carbamates (subject to hydrolysis) is 3. The Morgan fingerprint density at radius 2 is 1.27 bits per heavy atom. The lowest BCUT2D eigenvalue weighted by Crippen LogP contribution is -2.45. The van der Waals surface area contributed by atoms with E-state index in [1.807, 2.05) is 0 Å². The van der Waals surface area contributed by atoms with Crippen LogP contribution in [0.1, 0.15) is 72.4 Å².